The second-order valence-corrected chi connectivity index (χ2v) is 5.87. The van der Waals surface area contributed by atoms with Gasteiger partial charge in [0.05, 0.1) is 6.10 Å². The molecular formula is C14H24N2O4. The fraction of sp³-hybridized carbons (Fsp3) is 0.857. The highest BCUT2D eigenvalue weighted by molar-refractivity contribution is 5.74. The van der Waals surface area contributed by atoms with Gasteiger partial charge in [0.1, 0.15) is 6.61 Å². The Labute approximate surface area is 119 Å². The van der Waals surface area contributed by atoms with Crippen molar-refractivity contribution in [3.63, 3.8) is 0 Å². The van der Waals surface area contributed by atoms with Crippen molar-refractivity contribution in [2.45, 2.75) is 38.7 Å². The molecule has 1 unspecified atom stereocenters. The summed E-state index contributed by atoms with van der Waals surface area (Å²) in [4.78, 5) is 26.7. The minimum atomic E-state index is -0.939. The summed E-state index contributed by atoms with van der Waals surface area (Å²) in [5.74, 6) is -0.352. The van der Waals surface area contributed by atoms with Crippen molar-refractivity contribution in [3.8, 4) is 0 Å². The van der Waals surface area contributed by atoms with Gasteiger partial charge in [-0.1, -0.05) is 6.92 Å². The molecule has 0 aromatic rings. The molecule has 1 N–H and O–H groups in total. The maximum atomic E-state index is 12.4. The number of hydrogen-bond donors (Lipinski definition) is 1. The number of aliphatic carboxylic acids is 1. The third-order valence-electron chi connectivity index (χ3n) is 4.08. The highest BCUT2D eigenvalue weighted by atomic mass is 16.5. The van der Waals surface area contributed by atoms with Crippen LogP contribution >= 0.6 is 0 Å². The van der Waals surface area contributed by atoms with Crippen LogP contribution in [0.3, 0.4) is 0 Å². The third kappa shape index (κ3) is 4.10. The van der Waals surface area contributed by atoms with Gasteiger partial charge in [-0.05, 0) is 31.6 Å². The van der Waals surface area contributed by atoms with Crippen molar-refractivity contribution in [1.82, 2.24) is 9.80 Å². The highest BCUT2D eigenvalue weighted by Gasteiger charge is 2.28. The number of ether oxygens (including phenoxy) is 1. The van der Waals surface area contributed by atoms with Crippen molar-refractivity contribution < 1.29 is 19.4 Å². The van der Waals surface area contributed by atoms with Gasteiger partial charge in [0.25, 0.3) is 0 Å². The number of likely N-dealkylation sites (tertiary alicyclic amines) is 2. The van der Waals surface area contributed by atoms with Gasteiger partial charge >= 0.3 is 12.0 Å². The quantitative estimate of drug-likeness (QED) is 0.850. The van der Waals surface area contributed by atoms with E-state index in [0.717, 1.165) is 32.4 Å². The van der Waals surface area contributed by atoms with Crippen molar-refractivity contribution >= 4 is 12.0 Å². The molecule has 2 heterocycles. The molecule has 1 atom stereocenters. The summed E-state index contributed by atoms with van der Waals surface area (Å²) in [6.07, 6.45) is 3.71. The van der Waals surface area contributed by atoms with E-state index in [2.05, 4.69) is 6.92 Å². The molecule has 2 saturated heterocycles. The molecule has 0 bridgehead atoms. The molecule has 6 nitrogen and oxygen atoms in total. The normalized spacial score (nSPS) is 24.8. The van der Waals surface area contributed by atoms with E-state index in [4.69, 9.17) is 9.84 Å². The molecule has 0 radical (unpaired) electrons. The van der Waals surface area contributed by atoms with Crippen LogP contribution in [0.4, 0.5) is 4.79 Å². The number of nitrogens with zero attached hydrogens (tertiary/aromatic N) is 2. The van der Waals surface area contributed by atoms with Crippen LogP contribution in [0.15, 0.2) is 0 Å². The lowest BCUT2D eigenvalue weighted by molar-refractivity contribution is -0.145. The predicted molar refractivity (Wildman–Crippen MR) is 73.5 cm³/mol. The van der Waals surface area contributed by atoms with Crippen LogP contribution in [0, 0.1) is 5.92 Å². The molecule has 114 valence electrons. The molecule has 0 aliphatic carbocycles. The molecule has 2 amide bonds. The van der Waals surface area contributed by atoms with Crippen LogP contribution in [-0.2, 0) is 9.53 Å². The van der Waals surface area contributed by atoms with Crippen LogP contribution in [-0.4, -0.2) is 65.8 Å². The molecule has 0 spiro atoms. The standard InChI is InChI=1S/C14H24N2O4/c1-11-3-2-6-16(9-11)14(19)15-7-4-12(5-8-15)20-10-13(17)18/h11-12H,2-10H2,1H3,(H,17,18). The zero-order chi connectivity index (χ0) is 14.5. The van der Waals surface area contributed by atoms with E-state index in [9.17, 15) is 9.59 Å². The number of piperidine rings is 2. The van der Waals surface area contributed by atoms with Gasteiger partial charge in [-0.2, -0.15) is 0 Å². The zero-order valence-electron chi connectivity index (χ0n) is 12.1. The second kappa shape index (κ2) is 6.92. The number of amides is 2. The molecule has 2 aliphatic rings. The third-order valence-corrected chi connectivity index (χ3v) is 4.08. The fourth-order valence-corrected chi connectivity index (χ4v) is 2.97. The maximum absolute atomic E-state index is 12.4. The van der Waals surface area contributed by atoms with Crippen molar-refractivity contribution in [1.29, 1.82) is 0 Å². The number of hydrogen-bond acceptors (Lipinski definition) is 3. The van der Waals surface area contributed by atoms with Gasteiger partial charge in [0.2, 0.25) is 0 Å². The first-order valence-corrected chi connectivity index (χ1v) is 7.43. The van der Waals surface area contributed by atoms with E-state index in [0.29, 0.717) is 19.0 Å². The minimum Gasteiger partial charge on any atom is -0.480 e. The number of rotatable bonds is 3. The van der Waals surface area contributed by atoms with E-state index in [1.54, 1.807) is 0 Å². The van der Waals surface area contributed by atoms with Gasteiger partial charge < -0.3 is 19.6 Å². The smallest absolute Gasteiger partial charge is 0.329 e. The Balaban J connectivity index is 1.75. The summed E-state index contributed by atoms with van der Waals surface area (Å²) in [5.41, 5.74) is 0. The van der Waals surface area contributed by atoms with E-state index in [1.165, 1.54) is 6.42 Å². The molecular weight excluding hydrogens is 260 g/mol. The van der Waals surface area contributed by atoms with Gasteiger partial charge in [0, 0.05) is 26.2 Å². The fourth-order valence-electron chi connectivity index (χ4n) is 2.97. The Morgan fingerprint density at radius 2 is 1.85 bits per heavy atom. The Bertz CT molecular complexity index is 353. The number of carbonyl (C=O) groups excluding carboxylic acids is 1. The lowest BCUT2D eigenvalue weighted by atomic mass is 10.0. The summed E-state index contributed by atoms with van der Waals surface area (Å²) in [5, 5.41) is 8.58. The van der Waals surface area contributed by atoms with Gasteiger partial charge in [-0.3, -0.25) is 0 Å². The first-order chi connectivity index (χ1) is 9.56. The van der Waals surface area contributed by atoms with Gasteiger partial charge in [-0.15, -0.1) is 0 Å². The Kier molecular flexibility index (Phi) is 5.23. The lowest BCUT2D eigenvalue weighted by Gasteiger charge is -2.38. The highest BCUT2D eigenvalue weighted by Crippen LogP contribution is 2.20. The summed E-state index contributed by atoms with van der Waals surface area (Å²) in [6, 6.07) is 0.133. The monoisotopic (exact) mass is 284 g/mol. The van der Waals surface area contributed by atoms with Gasteiger partial charge in [0.15, 0.2) is 0 Å². The molecule has 0 saturated carbocycles. The minimum absolute atomic E-state index is 0.0320. The Morgan fingerprint density at radius 3 is 2.45 bits per heavy atom. The number of urea groups is 1. The van der Waals surface area contributed by atoms with E-state index >= 15 is 0 Å². The summed E-state index contributed by atoms with van der Waals surface area (Å²) in [6.45, 7) is 4.97. The summed E-state index contributed by atoms with van der Waals surface area (Å²) < 4.78 is 5.28. The topological polar surface area (TPSA) is 70.1 Å². The molecule has 20 heavy (non-hydrogen) atoms. The summed E-state index contributed by atoms with van der Waals surface area (Å²) in [7, 11) is 0. The van der Waals surface area contributed by atoms with Crippen LogP contribution in [0.2, 0.25) is 0 Å². The average Bonchev–Trinajstić information content (AvgIpc) is 2.45. The van der Waals surface area contributed by atoms with Crippen LogP contribution in [0.25, 0.3) is 0 Å². The van der Waals surface area contributed by atoms with E-state index in [-0.39, 0.29) is 18.7 Å². The van der Waals surface area contributed by atoms with Crippen LogP contribution < -0.4 is 0 Å². The SMILES string of the molecule is CC1CCCN(C(=O)N2CCC(OCC(=O)O)CC2)C1. The second-order valence-electron chi connectivity index (χ2n) is 5.87. The molecule has 2 aliphatic heterocycles. The van der Waals surface area contributed by atoms with Crippen LogP contribution in [0.1, 0.15) is 32.6 Å². The Morgan fingerprint density at radius 1 is 1.15 bits per heavy atom. The van der Waals surface area contributed by atoms with E-state index < -0.39 is 5.97 Å². The number of carbonyl (C=O) groups is 2. The number of carboxylic acids is 1. The molecule has 6 heteroatoms. The molecule has 2 rings (SSSR count). The largest absolute Gasteiger partial charge is 0.480 e. The Hall–Kier alpha value is -1.30. The summed E-state index contributed by atoms with van der Waals surface area (Å²) >= 11 is 0. The van der Waals surface area contributed by atoms with Crippen molar-refractivity contribution in [2.75, 3.05) is 32.8 Å². The van der Waals surface area contributed by atoms with Crippen LogP contribution in [0.5, 0.6) is 0 Å². The predicted octanol–water partition coefficient (Wildman–Crippen LogP) is 1.40. The van der Waals surface area contributed by atoms with Crippen molar-refractivity contribution in [2.24, 2.45) is 5.92 Å². The first-order valence-electron chi connectivity index (χ1n) is 7.43. The molecule has 2 fully saturated rings. The van der Waals surface area contributed by atoms with Crippen molar-refractivity contribution in [3.05, 3.63) is 0 Å². The van der Waals surface area contributed by atoms with Gasteiger partial charge in [-0.25, -0.2) is 9.59 Å². The maximum Gasteiger partial charge on any atom is 0.329 e. The molecule has 0 aromatic heterocycles. The lowest BCUT2D eigenvalue weighted by Crippen LogP contribution is -2.50. The molecule has 0 aromatic carbocycles. The number of carboxylic acid groups (broad SMARTS) is 1. The zero-order valence-corrected chi connectivity index (χ0v) is 12.1. The van der Waals surface area contributed by atoms with E-state index in [1.807, 2.05) is 9.80 Å². The first kappa shape index (κ1) is 15.1. The average molecular weight is 284 g/mol.